The molecule has 1 unspecified atom stereocenters. The molecule has 2 fully saturated rings. The van der Waals surface area contributed by atoms with Crippen LogP contribution in [0.1, 0.15) is 19.3 Å². The molecule has 0 radical (unpaired) electrons. The number of amides is 2. The van der Waals surface area contributed by atoms with Gasteiger partial charge in [0.15, 0.2) is 0 Å². The first-order chi connectivity index (χ1) is 10.6. The Balaban J connectivity index is 1.53. The Kier molecular flexibility index (Phi) is 4.20. The lowest BCUT2D eigenvalue weighted by molar-refractivity contribution is -0.0384. The van der Waals surface area contributed by atoms with Crippen molar-refractivity contribution in [1.29, 1.82) is 0 Å². The Hall–Kier alpha value is -1.82. The van der Waals surface area contributed by atoms with Gasteiger partial charge in [0.25, 0.3) is 0 Å². The summed E-state index contributed by atoms with van der Waals surface area (Å²) in [5, 5.41) is 0. The number of carbonyl (C=O) groups is 1. The third-order valence-corrected chi connectivity index (χ3v) is 4.44. The van der Waals surface area contributed by atoms with E-state index in [1.54, 1.807) is 31.4 Å². The summed E-state index contributed by atoms with van der Waals surface area (Å²) in [4.78, 5) is 19.6. The fraction of sp³-hybridized carbons (Fsp3) is 0.625. The molecule has 0 aromatic carbocycles. The van der Waals surface area contributed by atoms with Gasteiger partial charge >= 0.3 is 6.03 Å². The summed E-state index contributed by atoms with van der Waals surface area (Å²) in [6, 6.07) is 3.86. The van der Waals surface area contributed by atoms with Crippen LogP contribution in [0.5, 0.6) is 5.75 Å². The third-order valence-electron chi connectivity index (χ3n) is 4.44. The summed E-state index contributed by atoms with van der Waals surface area (Å²) in [6.45, 7) is 2.10. The fourth-order valence-electron chi connectivity index (χ4n) is 3.22. The average Bonchev–Trinajstić information content (AvgIpc) is 2.91. The molecule has 120 valence electrons. The van der Waals surface area contributed by atoms with E-state index in [2.05, 4.69) is 4.98 Å². The van der Waals surface area contributed by atoms with Crippen LogP contribution < -0.4 is 4.74 Å². The molecule has 1 aromatic heterocycles. The standard InChI is InChI=1S/C16H23N3O3/c1-18(2)15(20)19-8-5-16(6-9-19)10-14(12-21-16)22-13-4-3-7-17-11-13/h3-4,7,11,14H,5-6,8-10,12H2,1-2H3. The van der Waals surface area contributed by atoms with Gasteiger partial charge in [0.2, 0.25) is 0 Å². The molecule has 2 aliphatic rings. The molecule has 3 heterocycles. The number of rotatable bonds is 2. The first-order valence-electron chi connectivity index (χ1n) is 7.75. The lowest BCUT2D eigenvalue weighted by Gasteiger charge is -2.39. The number of likely N-dealkylation sites (tertiary alicyclic amines) is 1. The number of hydrogen-bond donors (Lipinski definition) is 0. The third kappa shape index (κ3) is 3.16. The largest absolute Gasteiger partial charge is 0.486 e. The monoisotopic (exact) mass is 305 g/mol. The SMILES string of the molecule is CN(C)C(=O)N1CCC2(CC1)CC(Oc1cccnc1)CO2. The molecule has 2 amide bonds. The molecule has 2 aliphatic heterocycles. The summed E-state index contributed by atoms with van der Waals surface area (Å²) in [5.41, 5.74) is -0.129. The maximum atomic E-state index is 12.0. The molecular weight excluding hydrogens is 282 g/mol. The van der Waals surface area contributed by atoms with Crippen LogP contribution >= 0.6 is 0 Å². The topological polar surface area (TPSA) is 54.9 Å². The number of pyridine rings is 1. The molecule has 0 N–H and O–H groups in total. The van der Waals surface area contributed by atoms with Gasteiger partial charge in [0.05, 0.1) is 18.4 Å². The number of piperidine rings is 1. The Bertz CT molecular complexity index is 513. The predicted molar refractivity (Wildman–Crippen MR) is 81.8 cm³/mol. The number of urea groups is 1. The number of carbonyl (C=O) groups excluding carboxylic acids is 1. The van der Waals surface area contributed by atoms with E-state index in [1.165, 1.54) is 0 Å². The number of nitrogens with zero attached hydrogens (tertiary/aromatic N) is 3. The second-order valence-electron chi connectivity index (χ2n) is 6.29. The van der Waals surface area contributed by atoms with Crippen LogP contribution in [0, 0.1) is 0 Å². The number of aromatic nitrogens is 1. The lowest BCUT2D eigenvalue weighted by atomic mass is 9.88. The Morgan fingerprint density at radius 3 is 2.86 bits per heavy atom. The average molecular weight is 305 g/mol. The molecular formula is C16H23N3O3. The molecule has 2 saturated heterocycles. The zero-order valence-electron chi connectivity index (χ0n) is 13.2. The van der Waals surface area contributed by atoms with Crippen molar-refractivity contribution in [2.75, 3.05) is 33.8 Å². The van der Waals surface area contributed by atoms with Crippen molar-refractivity contribution in [3.05, 3.63) is 24.5 Å². The van der Waals surface area contributed by atoms with Gasteiger partial charge in [0.1, 0.15) is 11.9 Å². The van der Waals surface area contributed by atoms with Gasteiger partial charge in [-0.1, -0.05) is 0 Å². The van der Waals surface area contributed by atoms with E-state index in [4.69, 9.17) is 9.47 Å². The van der Waals surface area contributed by atoms with E-state index in [0.29, 0.717) is 6.61 Å². The summed E-state index contributed by atoms with van der Waals surface area (Å²) < 4.78 is 12.0. The quantitative estimate of drug-likeness (QED) is 0.835. The lowest BCUT2D eigenvalue weighted by Crippen LogP contribution is -2.49. The van der Waals surface area contributed by atoms with Crippen molar-refractivity contribution in [2.45, 2.75) is 31.0 Å². The zero-order valence-corrected chi connectivity index (χ0v) is 13.2. The van der Waals surface area contributed by atoms with Crippen molar-refractivity contribution < 1.29 is 14.3 Å². The molecule has 0 bridgehead atoms. The van der Waals surface area contributed by atoms with E-state index in [1.807, 2.05) is 17.0 Å². The summed E-state index contributed by atoms with van der Waals surface area (Å²) in [7, 11) is 3.58. The van der Waals surface area contributed by atoms with Crippen molar-refractivity contribution in [3.8, 4) is 5.75 Å². The van der Waals surface area contributed by atoms with E-state index in [0.717, 1.165) is 38.1 Å². The van der Waals surface area contributed by atoms with Crippen LogP contribution in [0.2, 0.25) is 0 Å². The van der Waals surface area contributed by atoms with Crippen molar-refractivity contribution in [1.82, 2.24) is 14.8 Å². The molecule has 1 aromatic rings. The van der Waals surface area contributed by atoms with Gasteiger partial charge in [-0.3, -0.25) is 4.98 Å². The Morgan fingerprint density at radius 1 is 1.45 bits per heavy atom. The van der Waals surface area contributed by atoms with Crippen LogP contribution in [0.15, 0.2) is 24.5 Å². The van der Waals surface area contributed by atoms with Gasteiger partial charge in [0, 0.05) is 39.8 Å². The first-order valence-corrected chi connectivity index (χ1v) is 7.75. The minimum atomic E-state index is -0.129. The van der Waals surface area contributed by atoms with Crippen molar-refractivity contribution in [2.24, 2.45) is 0 Å². The van der Waals surface area contributed by atoms with Crippen LogP contribution in [0.25, 0.3) is 0 Å². The molecule has 6 heteroatoms. The van der Waals surface area contributed by atoms with Crippen LogP contribution in [-0.2, 0) is 4.74 Å². The van der Waals surface area contributed by atoms with Crippen LogP contribution in [-0.4, -0.2) is 66.3 Å². The molecule has 1 atom stereocenters. The van der Waals surface area contributed by atoms with Gasteiger partial charge in [-0.15, -0.1) is 0 Å². The van der Waals surface area contributed by atoms with Gasteiger partial charge in [-0.2, -0.15) is 0 Å². The second kappa shape index (κ2) is 6.12. The van der Waals surface area contributed by atoms with Crippen molar-refractivity contribution in [3.63, 3.8) is 0 Å². The Morgan fingerprint density at radius 2 is 2.23 bits per heavy atom. The van der Waals surface area contributed by atoms with Gasteiger partial charge in [-0.25, -0.2) is 4.79 Å². The highest BCUT2D eigenvalue weighted by Gasteiger charge is 2.44. The van der Waals surface area contributed by atoms with E-state index in [9.17, 15) is 4.79 Å². The fourth-order valence-corrected chi connectivity index (χ4v) is 3.22. The zero-order chi connectivity index (χ0) is 15.6. The van der Waals surface area contributed by atoms with Gasteiger partial charge < -0.3 is 19.3 Å². The highest BCUT2D eigenvalue weighted by Crippen LogP contribution is 2.37. The summed E-state index contributed by atoms with van der Waals surface area (Å²) in [5.74, 6) is 0.786. The smallest absolute Gasteiger partial charge is 0.319 e. The minimum absolute atomic E-state index is 0.0697. The summed E-state index contributed by atoms with van der Waals surface area (Å²) in [6.07, 6.45) is 6.16. The van der Waals surface area contributed by atoms with E-state index < -0.39 is 0 Å². The molecule has 22 heavy (non-hydrogen) atoms. The first kappa shape index (κ1) is 15.1. The molecule has 6 nitrogen and oxygen atoms in total. The van der Waals surface area contributed by atoms with E-state index in [-0.39, 0.29) is 17.7 Å². The highest BCUT2D eigenvalue weighted by atomic mass is 16.6. The second-order valence-corrected chi connectivity index (χ2v) is 6.29. The summed E-state index contributed by atoms with van der Waals surface area (Å²) >= 11 is 0. The number of hydrogen-bond acceptors (Lipinski definition) is 4. The predicted octanol–water partition coefficient (Wildman–Crippen LogP) is 1.77. The highest BCUT2D eigenvalue weighted by molar-refractivity contribution is 5.73. The molecule has 0 aliphatic carbocycles. The molecule has 3 rings (SSSR count). The van der Waals surface area contributed by atoms with Crippen LogP contribution in [0.4, 0.5) is 4.79 Å². The van der Waals surface area contributed by atoms with Gasteiger partial charge in [-0.05, 0) is 25.0 Å². The maximum Gasteiger partial charge on any atom is 0.319 e. The van der Waals surface area contributed by atoms with Crippen LogP contribution in [0.3, 0.4) is 0 Å². The molecule has 0 saturated carbocycles. The number of ether oxygens (including phenoxy) is 2. The minimum Gasteiger partial charge on any atom is -0.486 e. The molecule has 1 spiro atoms. The maximum absolute atomic E-state index is 12.0. The van der Waals surface area contributed by atoms with E-state index >= 15 is 0 Å². The normalized spacial score (nSPS) is 23.5. The Labute approximate surface area is 131 Å². The van der Waals surface area contributed by atoms with Crippen molar-refractivity contribution >= 4 is 6.03 Å².